The predicted molar refractivity (Wildman–Crippen MR) is 180 cm³/mol. The Balaban J connectivity index is 1.20. The first-order valence-corrected chi connectivity index (χ1v) is 17.6. The second-order valence-corrected chi connectivity index (χ2v) is 15.5. The summed E-state index contributed by atoms with van der Waals surface area (Å²) < 4.78 is 19.3. The van der Waals surface area contributed by atoms with Crippen LogP contribution in [0.5, 0.6) is 11.5 Å². The van der Waals surface area contributed by atoms with Gasteiger partial charge in [0.1, 0.15) is 34.4 Å². The number of benzene rings is 1. The number of pyridine rings is 1. The van der Waals surface area contributed by atoms with Gasteiger partial charge in [-0.1, -0.05) is 45.5 Å². The first-order chi connectivity index (χ1) is 22.4. The van der Waals surface area contributed by atoms with Gasteiger partial charge in [-0.15, -0.1) is 6.58 Å². The zero-order valence-electron chi connectivity index (χ0n) is 28.4. The molecule has 3 aromatic rings. The molecule has 0 spiro atoms. The molecule has 2 N–H and O–H groups in total. The van der Waals surface area contributed by atoms with Crippen molar-refractivity contribution in [2.24, 2.45) is 34.0 Å². The highest BCUT2D eigenvalue weighted by Gasteiger charge is 2.68. The van der Waals surface area contributed by atoms with Crippen LogP contribution in [0.2, 0.25) is 0 Å². The van der Waals surface area contributed by atoms with Crippen molar-refractivity contribution in [3.8, 4) is 11.5 Å². The standard InChI is InChI=1S/C37H47N3O6S/c1-8-35(4)18-30(36(5)22(2)9-12-37(23(3)33(35)43)13-10-29(41)32(36)37)46-31(42)21-47-34-38-27-11-14-40(20-28(27)39-34)19-24-15-25(44-6)17-26(16-24)45-7/h8,11,14-17,20,22-23,30,32-33,43H,1,9-10,12-13,18-19,21H2,2-7H3/p+1/t22-,23+,30-,32+,33+,35-,36+,37+/m1/s1. The third-order valence-electron chi connectivity index (χ3n) is 12.1. The highest BCUT2D eigenvalue weighted by Crippen LogP contribution is 2.68. The second-order valence-electron chi connectivity index (χ2n) is 14.5. The van der Waals surface area contributed by atoms with E-state index in [0.29, 0.717) is 24.5 Å². The number of esters is 1. The van der Waals surface area contributed by atoms with E-state index >= 15 is 0 Å². The van der Waals surface area contributed by atoms with Gasteiger partial charge in [-0.3, -0.25) is 9.59 Å². The highest BCUT2D eigenvalue weighted by atomic mass is 32.2. The summed E-state index contributed by atoms with van der Waals surface area (Å²) in [6, 6.07) is 7.74. The monoisotopic (exact) mass is 662 g/mol. The SMILES string of the molecule is C=C[C@]1(C)C[C@@H](OC(=O)CSc2nc3cc[n+](Cc4cc(OC)cc(OC)c4)cc3[nH]2)[C@]2(C)[C@H](C)CC[C@]3(CCC(=O)[C@H]32)[C@@H](C)[C@@H]1O. The average molecular weight is 663 g/mol. The molecule has 0 unspecified atom stereocenters. The molecule has 3 fully saturated rings. The number of nitrogens with one attached hydrogen (secondary N) is 1. The summed E-state index contributed by atoms with van der Waals surface area (Å²) in [5.74, 6) is 1.30. The second kappa shape index (κ2) is 12.6. The molecule has 0 aliphatic heterocycles. The normalized spacial score (nSPS) is 33.5. The number of carbonyl (C=O) groups excluding carboxylic acids is 2. The summed E-state index contributed by atoms with van der Waals surface area (Å²) in [6.07, 6.45) is 8.12. The molecule has 0 amide bonds. The minimum Gasteiger partial charge on any atom is -0.497 e. The lowest BCUT2D eigenvalue weighted by Crippen LogP contribution is -2.63. The number of nitrogens with zero attached hydrogens (tertiary/aromatic N) is 2. The molecule has 47 heavy (non-hydrogen) atoms. The third-order valence-corrected chi connectivity index (χ3v) is 13.0. The van der Waals surface area contributed by atoms with E-state index in [2.05, 4.69) is 32.3 Å². The fraction of sp³-hybridized carbons (Fsp3) is 0.568. The molecule has 2 heterocycles. The lowest BCUT2D eigenvalue weighted by atomic mass is 9.44. The van der Waals surface area contributed by atoms with Crippen LogP contribution < -0.4 is 14.0 Å². The molecule has 6 rings (SSSR count). The number of aromatic nitrogens is 3. The molecule has 9 nitrogen and oxygen atoms in total. The van der Waals surface area contributed by atoms with Gasteiger partial charge in [-0.2, -0.15) is 4.57 Å². The Morgan fingerprint density at radius 2 is 1.91 bits per heavy atom. The van der Waals surface area contributed by atoms with Crippen LogP contribution in [-0.4, -0.2) is 59.0 Å². The molecule has 3 aliphatic carbocycles. The van der Waals surface area contributed by atoms with Crippen molar-refractivity contribution in [2.75, 3.05) is 20.0 Å². The van der Waals surface area contributed by atoms with Crippen molar-refractivity contribution in [3.63, 3.8) is 0 Å². The fourth-order valence-electron chi connectivity index (χ4n) is 9.13. The van der Waals surface area contributed by atoms with E-state index in [4.69, 9.17) is 19.2 Å². The van der Waals surface area contributed by atoms with Crippen LogP contribution in [0.3, 0.4) is 0 Å². The Morgan fingerprint density at radius 1 is 1.19 bits per heavy atom. The van der Waals surface area contributed by atoms with E-state index in [1.165, 1.54) is 11.8 Å². The van der Waals surface area contributed by atoms with Crippen LogP contribution in [0.1, 0.15) is 65.4 Å². The number of Topliss-reactive ketones (excluding diaryl/α,β-unsaturated/α-hetero) is 1. The Kier molecular flexibility index (Phi) is 8.98. The maximum atomic E-state index is 13.7. The number of methoxy groups -OCH3 is 2. The summed E-state index contributed by atoms with van der Waals surface area (Å²) in [5, 5.41) is 12.4. The number of carbonyl (C=O) groups is 2. The van der Waals surface area contributed by atoms with E-state index in [-0.39, 0.29) is 40.7 Å². The minimum absolute atomic E-state index is 0.0638. The van der Waals surface area contributed by atoms with Gasteiger partial charge in [0.2, 0.25) is 0 Å². The number of aliphatic hydroxyl groups excluding tert-OH is 1. The van der Waals surface area contributed by atoms with Gasteiger partial charge in [0.25, 0.3) is 0 Å². The number of imidazole rings is 1. The number of H-pyrrole nitrogens is 1. The molecule has 0 radical (unpaired) electrons. The molecule has 3 aliphatic rings. The molecule has 10 heteroatoms. The average Bonchev–Trinajstić information content (AvgIpc) is 3.64. The summed E-state index contributed by atoms with van der Waals surface area (Å²) >= 11 is 1.30. The number of fused-ring (bicyclic) bond motifs is 1. The van der Waals surface area contributed by atoms with Crippen LogP contribution >= 0.6 is 11.8 Å². The first kappa shape index (κ1) is 33.5. The van der Waals surface area contributed by atoms with E-state index in [1.807, 2.05) is 54.2 Å². The van der Waals surface area contributed by atoms with E-state index in [9.17, 15) is 14.7 Å². The van der Waals surface area contributed by atoms with Gasteiger partial charge < -0.3 is 24.3 Å². The molecular formula is C37H48N3O6S+. The number of ketones is 1. The van der Waals surface area contributed by atoms with Gasteiger partial charge in [0.05, 0.1) is 26.1 Å². The van der Waals surface area contributed by atoms with Crippen LogP contribution in [0.4, 0.5) is 0 Å². The Hall–Kier alpha value is -3.37. The molecular weight excluding hydrogens is 614 g/mol. The van der Waals surface area contributed by atoms with Crippen molar-refractivity contribution in [3.05, 3.63) is 54.9 Å². The summed E-state index contributed by atoms with van der Waals surface area (Å²) in [5.41, 5.74) is 1.18. The molecule has 1 aromatic carbocycles. The number of thioether (sulfide) groups is 1. The number of rotatable bonds is 9. The number of aromatic amines is 1. The van der Waals surface area contributed by atoms with Crippen LogP contribution in [0.15, 0.2) is 54.5 Å². The molecule has 252 valence electrons. The van der Waals surface area contributed by atoms with Crippen molar-refractivity contribution in [2.45, 2.75) is 83.7 Å². The third kappa shape index (κ3) is 5.75. The molecule has 8 atom stereocenters. The van der Waals surface area contributed by atoms with Gasteiger partial charge in [-0.05, 0) is 55.1 Å². The zero-order chi connectivity index (χ0) is 33.7. The Bertz CT molecular complexity index is 1670. The van der Waals surface area contributed by atoms with Crippen LogP contribution in [0.25, 0.3) is 11.0 Å². The van der Waals surface area contributed by atoms with Crippen molar-refractivity contribution in [1.82, 2.24) is 9.97 Å². The quantitative estimate of drug-likeness (QED) is 0.126. The summed E-state index contributed by atoms with van der Waals surface area (Å²) in [6.45, 7) is 13.2. The van der Waals surface area contributed by atoms with Crippen molar-refractivity contribution in [1.29, 1.82) is 0 Å². The molecule has 0 saturated heterocycles. The topological polar surface area (TPSA) is 115 Å². The summed E-state index contributed by atoms with van der Waals surface area (Å²) in [7, 11) is 3.27. The lowest BCUT2D eigenvalue weighted by molar-refractivity contribution is -0.687. The van der Waals surface area contributed by atoms with Gasteiger partial charge in [0, 0.05) is 40.9 Å². The highest BCUT2D eigenvalue weighted by molar-refractivity contribution is 7.99. The minimum atomic E-state index is -0.689. The predicted octanol–water partition coefficient (Wildman–Crippen LogP) is 5.91. The van der Waals surface area contributed by atoms with Crippen LogP contribution in [-0.2, 0) is 20.9 Å². The van der Waals surface area contributed by atoms with E-state index < -0.39 is 23.0 Å². The Labute approximate surface area is 281 Å². The zero-order valence-corrected chi connectivity index (χ0v) is 29.2. The molecule has 3 saturated carbocycles. The van der Waals surface area contributed by atoms with Crippen molar-refractivity contribution >= 4 is 34.5 Å². The fourth-order valence-corrected chi connectivity index (χ4v) is 9.80. The van der Waals surface area contributed by atoms with E-state index in [0.717, 1.165) is 47.4 Å². The maximum Gasteiger partial charge on any atom is 0.316 e. The van der Waals surface area contributed by atoms with Crippen LogP contribution in [0, 0.1) is 34.0 Å². The van der Waals surface area contributed by atoms with E-state index in [1.54, 1.807) is 14.2 Å². The first-order valence-electron chi connectivity index (χ1n) is 16.6. The largest absolute Gasteiger partial charge is 0.497 e. The molecule has 2 aromatic heterocycles. The van der Waals surface area contributed by atoms with Gasteiger partial charge in [0.15, 0.2) is 24.1 Å². The lowest BCUT2D eigenvalue weighted by Gasteiger charge is -2.61. The Morgan fingerprint density at radius 3 is 2.60 bits per heavy atom. The molecule has 2 bridgehead atoms. The number of aliphatic hydroxyl groups is 1. The maximum absolute atomic E-state index is 13.7. The van der Waals surface area contributed by atoms with Gasteiger partial charge >= 0.3 is 5.97 Å². The summed E-state index contributed by atoms with van der Waals surface area (Å²) in [4.78, 5) is 35.3. The number of hydrogen-bond acceptors (Lipinski definition) is 8. The van der Waals surface area contributed by atoms with Gasteiger partial charge in [-0.25, -0.2) is 4.98 Å². The number of ether oxygens (including phenoxy) is 3. The smallest absolute Gasteiger partial charge is 0.316 e. The number of hydrogen-bond donors (Lipinski definition) is 2. The van der Waals surface area contributed by atoms with Crippen molar-refractivity contribution < 1.29 is 33.5 Å².